The quantitative estimate of drug-likeness (QED) is 0.364. The maximum absolute atomic E-state index is 6.47. The fourth-order valence-electron chi connectivity index (χ4n) is 4.15. The van der Waals surface area contributed by atoms with Crippen LogP contribution < -0.4 is 9.47 Å². The minimum Gasteiger partial charge on any atom is -0.494 e. The first-order chi connectivity index (χ1) is 15.2. The van der Waals surface area contributed by atoms with E-state index in [2.05, 4.69) is 70.3 Å². The Balaban J connectivity index is 1.48. The summed E-state index contributed by atoms with van der Waals surface area (Å²) in [6, 6.07) is 25.0. The van der Waals surface area contributed by atoms with Gasteiger partial charge in [0, 0.05) is 22.0 Å². The van der Waals surface area contributed by atoms with Gasteiger partial charge in [0.25, 0.3) is 0 Å². The number of hydrogen-bond acceptors (Lipinski definition) is 4. The van der Waals surface area contributed by atoms with Crippen molar-refractivity contribution >= 4 is 21.6 Å². The van der Waals surface area contributed by atoms with Crippen LogP contribution in [-0.4, -0.2) is 17.3 Å². The summed E-state index contributed by atoms with van der Waals surface area (Å²) in [5.41, 5.74) is 4.48. The van der Waals surface area contributed by atoms with Crippen LogP contribution in [-0.2, 0) is 0 Å². The molecule has 0 saturated carbocycles. The van der Waals surface area contributed by atoms with Gasteiger partial charge >= 0.3 is 0 Å². The molecule has 2 aliphatic heterocycles. The summed E-state index contributed by atoms with van der Waals surface area (Å²) in [5.74, 6) is 1.81. The van der Waals surface area contributed by atoms with E-state index < -0.39 is 0 Å². The molecule has 0 unspecified atom stereocenters. The Labute approximate surface area is 191 Å². The summed E-state index contributed by atoms with van der Waals surface area (Å²) in [6.45, 7) is 2.91. The maximum Gasteiger partial charge on any atom is 0.213 e. The van der Waals surface area contributed by atoms with Crippen LogP contribution in [0.4, 0.5) is 0 Å². The molecular formula is C26H25BrN2O2. The van der Waals surface area contributed by atoms with Crippen molar-refractivity contribution in [2.45, 2.75) is 38.5 Å². The highest BCUT2D eigenvalue weighted by Gasteiger charge is 2.41. The van der Waals surface area contributed by atoms with Gasteiger partial charge in [0.1, 0.15) is 11.5 Å². The molecule has 0 radical (unpaired) electrons. The molecule has 5 heteroatoms. The lowest BCUT2D eigenvalue weighted by Gasteiger charge is -2.38. The van der Waals surface area contributed by atoms with Crippen LogP contribution in [0, 0.1) is 0 Å². The van der Waals surface area contributed by atoms with E-state index in [1.165, 1.54) is 5.56 Å². The van der Waals surface area contributed by atoms with E-state index in [-0.39, 0.29) is 12.3 Å². The van der Waals surface area contributed by atoms with Gasteiger partial charge in [-0.2, -0.15) is 5.10 Å². The number of hydrazone groups is 1. The fourth-order valence-corrected chi connectivity index (χ4v) is 4.52. The standard InChI is InChI=1S/C26H25BrN2O2/c1-2-3-15-30-21-12-9-19(10-13-21)26-29-24(22-16-20(27)11-14-25(22)31-26)17-23(28-29)18-7-5-4-6-8-18/h4-14,16,24,26H,2-3,15,17H2,1H3/t24-,26-/m0/s1. The van der Waals surface area contributed by atoms with E-state index in [4.69, 9.17) is 14.6 Å². The number of nitrogens with zero attached hydrogens (tertiary/aromatic N) is 2. The predicted molar refractivity (Wildman–Crippen MR) is 127 cm³/mol. The van der Waals surface area contributed by atoms with Crippen molar-refractivity contribution in [1.82, 2.24) is 5.01 Å². The second-order valence-electron chi connectivity index (χ2n) is 7.94. The summed E-state index contributed by atoms with van der Waals surface area (Å²) in [4.78, 5) is 0. The number of ether oxygens (including phenoxy) is 2. The zero-order valence-corrected chi connectivity index (χ0v) is 19.1. The predicted octanol–water partition coefficient (Wildman–Crippen LogP) is 6.87. The SMILES string of the molecule is CCCCOc1ccc([C@@H]2Oc3ccc(Br)cc3[C@@H]3CC(c4ccccc4)=NN32)cc1. The number of benzene rings is 3. The molecule has 4 nitrogen and oxygen atoms in total. The molecule has 0 aliphatic carbocycles. The third-order valence-corrected chi connectivity index (χ3v) is 6.28. The van der Waals surface area contributed by atoms with Crippen molar-refractivity contribution in [3.05, 3.63) is 94.0 Å². The Bertz CT molecular complexity index is 1080. The number of halogens is 1. The van der Waals surface area contributed by atoms with Crippen LogP contribution >= 0.6 is 15.9 Å². The van der Waals surface area contributed by atoms with Gasteiger partial charge in [0.2, 0.25) is 6.23 Å². The lowest BCUT2D eigenvalue weighted by molar-refractivity contribution is -0.0191. The molecule has 5 rings (SSSR count). The Hall–Kier alpha value is -2.79. The molecule has 0 saturated heterocycles. The van der Waals surface area contributed by atoms with Crippen LogP contribution in [0.25, 0.3) is 0 Å². The number of unbranched alkanes of at least 4 members (excludes halogenated alkanes) is 1. The number of fused-ring (bicyclic) bond motifs is 3. The van der Waals surface area contributed by atoms with Crippen molar-refractivity contribution in [3.8, 4) is 11.5 Å². The summed E-state index contributed by atoms with van der Waals surface area (Å²) in [6.07, 6.45) is 2.77. The van der Waals surface area contributed by atoms with Crippen molar-refractivity contribution in [2.24, 2.45) is 5.10 Å². The molecule has 3 aromatic rings. The van der Waals surface area contributed by atoms with E-state index in [9.17, 15) is 0 Å². The molecule has 2 atom stereocenters. The van der Waals surface area contributed by atoms with Crippen molar-refractivity contribution in [3.63, 3.8) is 0 Å². The van der Waals surface area contributed by atoms with Gasteiger partial charge < -0.3 is 9.47 Å². The van der Waals surface area contributed by atoms with Gasteiger partial charge in [0.15, 0.2) is 0 Å². The zero-order chi connectivity index (χ0) is 21.2. The average molecular weight is 477 g/mol. The van der Waals surface area contributed by atoms with E-state index in [0.29, 0.717) is 0 Å². The molecule has 0 aromatic heterocycles. The fraction of sp³-hybridized carbons (Fsp3) is 0.269. The van der Waals surface area contributed by atoms with Gasteiger partial charge in [-0.25, -0.2) is 5.01 Å². The summed E-state index contributed by atoms with van der Waals surface area (Å²) < 4.78 is 13.4. The van der Waals surface area contributed by atoms with Gasteiger partial charge in [-0.15, -0.1) is 0 Å². The van der Waals surface area contributed by atoms with Gasteiger partial charge in [-0.3, -0.25) is 0 Å². The summed E-state index contributed by atoms with van der Waals surface area (Å²) in [7, 11) is 0. The Kier molecular flexibility index (Phi) is 5.68. The second kappa shape index (κ2) is 8.75. The van der Waals surface area contributed by atoms with Crippen LogP contribution in [0.1, 0.15) is 55.1 Å². The molecule has 2 aliphatic rings. The number of hydrogen-bond donors (Lipinski definition) is 0. The van der Waals surface area contributed by atoms with Gasteiger partial charge in [-0.1, -0.05) is 59.6 Å². The Morgan fingerprint density at radius 1 is 1.06 bits per heavy atom. The van der Waals surface area contributed by atoms with E-state index >= 15 is 0 Å². The van der Waals surface area contributed by atoms with Crippen molar-refractivity contribution in [2.75, 3.05) is 6.61 Å². The first-order valence-corrected chi connectivity index (χ1v) is 11.6. The van der Waals surface area contributed by atoms with Crippen LogP contribution in [0.2, 0.25) is 0 Å². The third kappa shape index (κ3) is 4.07. The summed E-state index contributed by atoms with van der Waals surface area (Å²) in [5, 5.41) is 7.14. The Morgan fingerprint density at radius 2 is 1.87 bits per heavy atom. The maximum atomic E-state index is 6.47. The van der Waals surface area contributed by atoms with E-state index in [1.54, 1.807) is 0 Å². The zero-order valence-electron chi connectivity index (χ0n) is 17.5. The first kappa shape index (κ1) is 20.1. The monoisotopic (exact) mass is 476 g/mol. The molecule has 0 N–H and O–H groups in total. The lowest BCUT2D eigenvalue weighted by Crippen LogP contribution is -2.33. The molecule has 3 aromatic carbocycles. The third-order valence-electron chi connectivity index (χ3n) is 5.79. The molecule has 31 heavy (non-hydrogen) atoms. The first-order valence-electron chi connectivity index (χ1n) is 10.8. The van der Waals surface area contributed by atoms with Crippen LogP contribution in [0.15, 0.2) is 82.4 Å². The number of rotatable bonds is 6. The molecule has 2 heterocycles. The molecule has 0 fully saturated rings. The van der Waals surface area contributed by atoms with Gasteiger partial charge in [0.05, 0.1) is 18.4 Å². The summed E-state index contributed by atoms with van der Waals surface area (Å²) >= 11 is 3.62. The lowest BCUT2D eigenvalue weighted by atomic mass is 9.96. The molecule has 0 amide bonds. The molecule has 0 bridgehead atoms. The molecule has 0 spiro atoms. The van der Waals surface area contributed by atoms with Crippen LogP contribution in [0.3, 0.4) is 0 Å². The normalized spacial score (nSPS) is 19.3. The van der Waals surface area contributed by atoms with Gasteiger partial charge in [-0.05, 0) is 54.4 Å². The average Bonchev–Trinajstić information content (AvgIpc) is 3.26. The van der Waals surface area contributed by atoms with E-state index in [1.807, 2.05) is 30.3 Å². The largest absolute Gasteiger partial charge is 0.494 e. The van der Waals surface area contributed by atoms with Crippen LogP contribution in [0.5, 0.6) is 11.5 Å². The highest BCUT2D eigenvalue weighted by atomic mass is 79.9. The topological polar surface area (TPSA) is 34.1 Å². The minimum absolute atomic E-state index is 0.141. The second-order valence-corrected chi connectivity index (χ2v) is 8.85. The molecule has 158 valence electrons. The van der Waals surface area contributed by atoms with Crippen molar-refractivity contribution < 1.29 is 9.47 Å². The minimum atomic E-state index is -0.274. The Morgan fingerprint density at radius 3 is 2.65 bits per heavy atom. The van der Waals surface area contributed by atoms with E-state index in [0.717, 1.165) is 58.7 Å². The molecular weight excluding hydrogens is 452 g/mol. The highest BCUT2D eigenvalue weighted by molar-refractivity contribution is 9.10. The highest BCUT2D eigenvalue weighted by Crippen LogP contribution is 2.48. The smallest absolute Gasteiger partial charge is 0.213 e. The van der Waals surface area contributed by atoms with Crippen molar-refractivity contribution in [1.29, 1.82) is 0 Å².